The molecule has 1 heterocycles. The van der Waals surface area contributed by atoms with Crippen molar-refractivity contribution in [3.8, 4) is 22.5 Å². The van der Waals surface area contributed by atoms with Crippen LogP contribution in [0.5, 0.6) is 0 Å². The van der Waals surface area contributed by atoms with E-state index in [4.69, 9.17) is 0 Å². The SMILES string of the molecule is O=C(Nc1ccc(F)c(C(F)(F)F)c1)Nc1c(-c2cccc(C(F)(F)F)c2)cccc1-c1nn[nH]n1. The molecule has 0 atom stereocenters. The number of halogens is 7. The number of alkyl halides is 6. The van der Waals surface area contributed by atoms with Crippen LogP contribution in [0, 0.1) is 5.82 Å². The lowest BCUT2D eigenvalue weighted by molar-refractivity contribution is -0.140. The fraction of sp³-hybridized carbons (Fsp3) is 0.0909. The number of urea groups is 1. The number of aromatic nitrogens is 4. The third kappa shape index (κ3) is 5.26. The second-order valence-corrected chi connectivity index (χ2v) is 7.31. The molecular formula is C22H13F7N6O. The minimum atomic E-state index is -5.00. The van der Waals surface area contributed by atoms with Crippen molar-refractivity contribution < 1.29 is 35.5 Å². The molecule has 0 aliphatic carbocycles. The molecule has 4 rings (SSSR count). The molecule has 1 aromatic heterocycles. The molecule has 186 valence electrons. The smallest absolute Gasteiger partial charge is 0.308 e. The van der Waals surface area contributed by atoms with Crippen molar-refractivity contribution in [2.45, 2.75) is 12.4 Å². The van der Waals surface area contributed by atoms with Gasteiger partial charge in [0.05, 0.1) is 16.8 Å². The zero-order chi connectivity index (χ0) is 26.1. The van der Waals surface area contributed by atoms with E-state index >= 15 is 0 Å². The third-order valence-electron chi connectivity index (χ3n) is 4.92. The lowest BCUT2D eigenvalue weighted by Crippen LogP contribution is -2.21. The Morgan fingerprint density at radius 2 is 1.56 bits per heavy atom. The quantitative estimate of drug-likeness (QED) is 0.279. The van der Waals surface area contributed by atoms with Crippen molar-refractivity contribution in [1.29, 1.82) is 0 Å². The van der Waals surface area contributed by atoms with Crippen molar-refractivity contribution in [1.82, 2.24) is 20.6 Å². The van der Waals surface area contributed by atoms with Gasteiger partial charge < -0.3 is 10.6 Å². The average molecular weight is 510 g/mol. The maximum atomic E-state index is 13.6. The monoisotopic (exact) mass is 510 g/mol. The summed E-state index contributed by atoms with van der Waals surface area (Å²) in [7, 11) is 0. The van der Waals surface area contributed by atoms with Gasteiger partial charge in [0, 0.05) is 16.8 Å². The number of aromatic amines is 1. The standard InChI is InChI=1S/C22H13F7N6O/c23-17-8-7-13(10-16(17)22(27,28)29)30-20(36)31-18-14(5-2-6-15(18)19-32-34-35-33-19)11-3-1-4-12(9-11)21(24,25)26/h1-10H,(H2,30,31,36)(H,32,33,34,35). The van der Waals surface area contributed by atoms with Crippen LogP contribution >= 0.6 is 0 Å². The highest BCUT2D eigenvalue weighted by molar-refractivity contribution is 6.05. The Kier molecular flexibility index (Phi) is 6.35. The van der Waals surface area contributed by atoms with Crippen LogP contribution in [0.3, 0.4) is 0 Å². The summed E-state index contributed by atoms with van der Waals surface area (Å²) >= 11 is 0. The van der Waals surface area contributed by atoms with Crippen LogP contribution in [0.4, 0.5) is 46.9 Å². The zero-order valence-corrected chi connectivity index (χ0v) is 17.7. The average Bonchev–Trinajstić information content (AvgIpc) is 3.34. The van der Waals surface area contributed by atoms with Crippen LogP contribution in [0.2, 0.25) is 0 Å². The number of tetrazole rings is 1. The molecule has 0 radical (unpaired) electrons. The van der Waals surface area contributed by atoms with Gasteiger partial charge in [0.15, 0.2) is 0 Å². The van der Waals surface area contributed by atoms with Gasteiger partial charge in [-0.15, -0.1) is 10.2 Å². The molecule has 0 spiro atoms. The predicted molar refractivity (Wildman–Crippen MR) is 114 cm³/mol. The van der Waals surface area contributed by atoms with Gasteiger partial charge in [-0.2, -0.15) is 31.6 Å². The van der Waals surface area contributed by atoms with E-state index in [1.54, 1.807) is 0 Å². The number of para-hydroxylation sites is 1. The molecule has 0 fully saturated rings. The lowest BCUT2D eigenvalue weighted by Gasteiger charge is -2.17. The molecule has 2 amide bonds. The first kappa shape index (κ1) is 24.6. The van der Waals surface area contributed by atoms with Gasteiger partial charge in [0.1, 0.15) is 5.82 Å². The van der Waals surface area contributed by atoms with E-state index in [0.717, 1.165) is 18.2 Å². The molecule has 0 saturated heterocycles. The van der Waals surface area contributed by atoms with Crippen molar-refractivity contribution in [3.63, 3.8) is 0 Å². The van der Waals surface area contributed by atoms with Gasteiger partial charge in [0.2, 0.25) is 5.82 Å². The number of nitrogens with one attached hydrogen (secondary N) is 3. The number of anilines is 2. The minimum absolute atomic E-state index is 0.0136. The summed E-state index contributed by atoms with van der Waals surface area (Å²) in [5.74, 6) is -1.54. The van der Waals surface area contributed by atoms with Gasteiger partial charge in [-0.05, 0) is 47.2 Å². The summed E-state index contributed by atoms with van der Waals surface area (Å²) < 4.78 is 92.4. The highest BCUT2D eigenvalue weighted by Crippen LogP contribution is 2.38. The van der Waals surface area contributed by atoms with E-state index in [0.29, 0.717) is 12.1 Å². The first-order chi connectivity index (χ1) is 16.9. The molecule has 36 heavy (non-hydrogen) atoms. The van der Waals surface area contributed by atoms with Crippen molar-refractivity contribution in [2.24, 2.45) is 0 Å². The first-order valence-corrected chi connectivity index (χ1v) is 9.92. The zero-order valence-electron chi connectivity index (χ0n) is 17.7. The third-order valence-corrected chi connectivity index (χ3v) is 4.92. The fourth-order valence-corrected chi connectivity index (χ4v) is 3.35. The summed E-state index contributed by atoms with van der Waals surface area (Å²) in [5, 5.41) is 17.8. The normalized spacial score (nSPS) is 11.9. The number of hydrogen-bond donors (Lipinski definition) is 3. The topological polar surface area (TPSA) is 95.6 Å². The fourth-order valence-electron chi connectivity index (χ4n) is 3.35. The number of hydrogen-bond acceptors (Lipinski definition) is 4. The molecule has 0 bridgehead atoms. The molecule has 0 unspecified atom stereocenters. The number of carbonyl (C=O) groups is 1. The molecule has 3 N–H and O–H groups in total. The Balaban J connectivity index is 1.74. The van der Waals surface area contributed by atoms with Crippen LogP contribution in [0.15, 0.2) is 60.7 Å². The number of rotatable bonds is 4. The Labute approximate surface area is 197 Å². The Hall–Kier alpha value is -4.49. The van der Waals surface area contributed by atoms with Gasteiger partial charge in [0.25, 0.3) is 0 Å². The van der Waals surface area contributed by atoms with Crippen LogP contribution in [0.1, 0.15) is 11.1 Å². The number of benzene rings is 3. The summed E-state index contributed by atoms with van der Waals surface area (Å²) in [5.41, 5.74) is -2.58. The number of nitrogens with zero attached hydrogens (tertiary/aromatic N) is 3. The molecule has 0 aliphatic rings. The van der Waals surface area contributed by atoms with Gasteiger partial charge in [-0.3, -0.25) is 0 Å². The Morgan fingerprint density at radius 1 is 0.833 bits per heavy atom. The second kappa shape index (κ2) is 9.28. The van der Waals surface area contributed by atoms with Crippen LogP contribution in [-0.2, 0) is 12.4 Å². The second-order valence-electron chi connectivity index (χ2n) is 7.31. The highest BCUT2D eigenvalue weighted by Gasteiger charge is 2.34. The molecule has 7 nitrogen and oxygen atoms in total. The molecule has 0 aliphatic heterocycles. The molecule has 0 saturated carbocycles. The number of H-pyrrole nitrogens is 1. The lowest BCUT2D eigenvalue weighted by atomic mass is 9.98. The van der Waals surface area contributed by atoms with Crippen molar-refractivity contribution in [3.05, 3.63) is 77.6 Å². The summed E-state index contributed by atoms with van der Waals surface area (Å²) in [6.07, 6.45) is -9.63. The summed E-state index contributed by atoms with van der Waals surface area (Å²) in [4.78, 5) is 12.7. The maximum absolute atomic E-state index is 13.6. The highest BCUT2D eigenvalue weighted by atomic mass is 19.4. The van der Waals surface area contributed by atoms with E-state index in [1.807, 2.05) is 0 Å². The molecule has 3 aromatic carbocycles. The first-order valence-electron chi connectivity index (χ1n) is 9.92. The van der Waals surface area contributed by atoms with Crippen LogP contribution in [0.25, 0.3) is 22.5 Å². The van der Waals surface area contributed by atoms with E-state index < -0.39 is 35.3 Å². The van der Waals surface area contributed by atoms with Gasteiger partial charge in [-0.25, -0.2) is 9.18 Å². The van der Waals surface area contributed by atoms with E-state index in [-0.39, 0.29) is 33.9 Å². The Bertz CT molecular complexity index is 1400. The number of carbonyl (C=O) groups excluding carboxylic acids is 1. The summed E-state index contributed by atoms with van der Waals surface area (Å²) in [6, 6.07) is 9.48. The van der Waals surface area contributed by atoms with Gasteiger partial charge >= 0.3 is 18.4 Å². The maximum Gasteiger partial charge on any atom is 0.419 e. The molecular weight excluding hydrogens is 497 g/mol. The molecule has 14 heteroatoms. The Morgan fingerprint density at radius 3 is 2.22 bits per heavy atom. The van der Waals surface area contributed by atoms with Crippen molar-refractivity contribution in [2.75, 3.05) is 10.6 Å². The summed E-state index contributed by atoms with van der Waals surface area (Å²) in [6.45, 7) is 0. The van der Waals surface area contributed by atoms with E-state index in [1.165, 1.54) is 30.3 Å². The largest absolute Gasteiger partial charge is 0.419 e. The predicted octanol–water partition coefficient (Wildman–Crippen LogP) is 6.35. The number of amides is 2. The van der Waals surface area contributed by atoms with E-state index in [9.17, 15) is 35.5 Å². The van der Waals surface area contributed by atoms with Crippen LogP contribution in [-0.4, -0.2) is 26.7 Å². The van der Waals surface area contributed by atoms with Gasteiger partial charge in [-0.1, -0.05) is 24.3 Å². The van der Waals surface area contributed by atoms with Crippen LogP contribution < -0.4 is 10.6 Å². The minimum Gasteiger partial charge on any atom is -0.308 e. The van der Waals surface area contributed by atoms with Crippen molar-refractivity contribution >= 4 is 17.4 Å². The van der Waals surface area contributed by atoms with E-state index in [2.05, 4.69) is 31.3 Å². The molecule has 4 aromatic rings.